The number of nitrogens with zero attached hydrogens (tertiary/aromatic N) is 1. The zero-order chi connectivity index (χ0) is 20.1. The van der Waals surface area contributed by atoms with Crippen LogP contribution in [0.25, 0.3) is 6.08 Å². The summed E-state index contributed by atoms with van der Waals surface area (Å²) < 4.78 is 27.7. The van der Waals surface area contributed by atoms with Crippen LogP contribution in [0.15, 0.2) is 59.5 Å². The summed E-state index contributed by atoms with van der Waals surface area (Å²) >= 11 is 5.81. The van der Waals surface area contributed by atoms with Crippen LogP contribution < -0.4 is 4.72 Å². The largest absolute Gasteiger partial charge is 0.339 e. The Bertz CT molecular complexity index is 946. The Kier molecular flexibility index (Phi) is 6.54. The molecule has 0 saturated carbocycles. The minimum Gasteiger partial charge on any atom is -0.339 e. The first-order chi connectivity index (χ1) is 13.3. The molecule has 1 heterocycles. The number of carbonyl (C=O) groups excluding carboxylic acids is 1. The number of carbonyl (C=O) groups is 1. The van der Waals surface area contributed by atoms with Crippen molar-refractivity contribution in [3.63, 3.8) is 0 Å². The molecule has 148 valence electrons. The van der Waals surface area contributed by atoms with Gasteiger partial charge in [-0.1, -0.05) is 41.4 Å². The lowest BCUT2D eigenvalue weighted by Gasteiger charge is -2.31. The van der Waals surface area contributed by atoms with Gasteiger partial charge in [0.1, 0.15) is 0 Å². The molecule has 2 aromatic rings. The van der Waals surface area contributed by atoms with Gasteiger partial charge in [-0.2, -0.15) is 0 Å². The predicted octanol–water partition coefficient (Wildman–Crippen LogP) is 3.63. The molecular formula is C21H23ClN2O3S. The van der Waals surface area contributed by atoms with E-state index in [4.69, 9.17) is 11.6 Å². The second-order valence-electron chi connectivity index (χ2n) is 6.92. The molecule has 28 heavy (non-hydrogen) atoms. The maximum absolute atomic E-state index is 12.5. The van der Waals surface area contributed by atoms with Crippen LogP contribution in [0.4, 0.5) is 0 Å². The lowest BCUT2D eigenvalue weighted by molar-refractivity contribution is -0.126. The number of aryl methyl sites for hydroxylation is 1. The van der Waals surface area contributed by atoms with E-state index in [9.17, 15) is 13.2 Å². The van der Waals surface area contributed by atoms with Crippen LogP contribution in [0.2, 0.25) is 5.02 Å². The summed E-state index contributed by atoms with van der Waals surface area (Å²) in [6.45, 7) is 3.06. The number of benzene rings is 2. The van der Waals surface area contributed by atoms with E-state index >= 15 is 0 Å². The minimum absolute atomic E-state index is 0.0559. The summed E-state index contributed by atoms with van der Waals surface area (Å²) in [7, 11) is -3.59. The molecule has 5 nitrogen and oxygen atoms in total. The van der Waals surface area contributed by atoms with Gasteiger partial charge in [-0.25, -0.2) is 13.1 Å². The Morgan fingerprint density at radius 1 is 1.07 bits per heavy atom. The second-order valence-corrected chi connectivity index (χ2v) is 9.07. The van der Waals surface area contributed by atoms with Crippen molar-refractivity contribution in [1.82, 2.24) is 9.62 Å². The van der Waals surface area contributed by atoms with Gasteiger partial charge >= 0.3 is 0 Å². The van der Waals surface area contributed by atoms with E-state index in [1.165, 1.54) is 17.7 Å². The molecule has 0 aliphatic carbocycles. The van der Waals surface area contributed by atoms with E-state index in [-0.39, 0.29) is 16.8 Å². The number of nitrogens with one attached hydrogen (secondary N) is 1. The van der Waals surface area contributed by atoms with Crippen LogP contribution in [0.3, 0.4) is 0 Å². The molecule has 0 unspecified atom stereocenters. The van der Waals surface area contributed by atoms with E-state index < -0.39 is 10.0 Å². The van der Waals surface area contributed by atoms with Crippen LogP contribution in [0.1, 0.15) is 24.0 Å². The maximum atomic E-state index is 12.5. The lowest BCUT2D eigenvalue weighted by Crippen LogP contribution is -2.46. The molecule has 0 aromatic heterocycles. The molecule has 0 bridgehead atoms. The number of hydrogen-bond donors (Lipinski definition) is 1. The summed E-state index contributed by atoms with van der Waals surface area (Å²) in [6, 6.07) is 13.8. The maximum Gasteiger partial charge on any atom is 0.246 e. The quantitative estimate of drug-likeness (QED) is 0.754. The average molecular weight is 419 g/mol. The molecule has 1 saturated heterocycles. The van der Waals surface area contributed by atoms with Crippen molar-refractivity contribution in [3.8, 4) is 0 Å². The summed E-state index contributed by atoms with van der Waals surface area (Å²) in [5.74, 6) is -0.0559. The standard InChI is InChI=1S/C21H23ClN2O3S/c1-16-2-4-17(5-3-16)6-11-21(25)24-14-12-19(13-15-24)23-28(26,27)20-9-7-18(22)8-10-20/h2-11,19,23H,12-15H2,1H3. The normalized spacial score (nSPS) is 15.9. The minimum atomic E-state index is -3.59. The van der Waals surface area contributed by atoms with Gasteiger partial charge in [0.25, 0.3) is 0 Å². The van der Waals surface area contributed by atoms with Gasteiger partial charge in [-0.3, -0.25) is 4.79 Å². The van der Waals surface area contributed by atoms with E-state index in [1.54, 1.807) is 29.2 Å². The SMILES string of the molecule is Cc1ccc(C=CC(=O)N2CCC(NS(=O)(=O)c3ccc(Cl)cc3)CC2)cc1. The number of likely N-dealkylation sites (tertiary alicyclic amines) is 1. The number of hydrogen-bond acceptors (Lipinski definition) is 3. The molecule has 0 spiro atoms. The highest BCUT2D eigenvalue weighted by Crippen LogP contribution is 2.17. The van der Waals surface area contributed by atoms with Gasteiger partial charge in [0.2, 0.25) is 15.9 Å². The zero-order valence-electron chi connectivity index (χ0n) is 15.6. The zero-order valence-corrected chi connectivity index (χ0v) is 17.2. The van der Waals surface area contributed by atoms with Crippen LogP contribution in [0, 0.1) is 6.92 Å². The van der Waals surface area contributed by atoms with Crippen molar-refractivity contribution in [2.75, 3.05) is 13.1 Å². The van der Waals surface area contributed by atoms with Crippen molar-refractivity contribution < 1.29 is 13.2 Å². The topological polar surface area (TPSA) is 66.5 Å². The monoisotopic (exact) mass is 418 g/mol. The molecule has 2 aromatic carbocycles. The summed E-state index contributed by atoms with van der Waals surface area (Å²) in [5.41, 5.74) is 2.15. The van der Waals surface area contributed by atoms with Gasteiger partial charge in [-0.15, -0.1) is 0 Å². The predicted molar refractivity (Wildman–Crippen MR) is 112 cm³/mol. The van der Waals surface area contributed by atoms with Gasteiger partial charge < -0.3 is 4.90 Å². The number of amides is 1. The Morgan fingerprint density at radius 3 is 2.29 bits per heavy atom. The second kappa shape index (κ2) is 8.90. The number of rotatable bonds is 5. The Hall–Kier alpha value is -2.15. The van der Waals surface area contributed by atoms with Crippen LogP contribution >= 0.6 is 11.6 Å². The van der Waals surface area contributed by atoms with Gasteiger partial charge in [0.05, 0.1) is 4.90 Å². The van der Waals surface area contributed by atoms with Crippen molar-refractivity contribution in [2.45, 2.75) is 30.7 Å². The first kappa shape index (κ1) is 20.6. The molecule has 1 aliphatic heterocycles. The van der Waals surface area contributed by atoms with E-state index in [2.05, 4.69) is 4.72 Å². The molecule has 1 amide bonds. The molecule has 1 N–H and O–H groups in total. The van der Waals surface area contributed by atoms with E-state index in [0.29, 0.717) is 31.0 Å². The van der Waals surface area contributed by atoms with Crippen molar-refractivity contribution in [1.29, 1.82) is 0 Å². The molecular weight excluding hydrogens is 396 g/mol. The third kappa shape index (κ3) is 5.44. The Labute approximate surface area is 171 Å². The lowest BCUT2D eigenvalue weighted by atomic mass is 10.1. The highest BCUT2D eigenvalue weighted by atomic mass is 35.5. The fourth-order valence-electron chi connectivity index (χ4n) is 3.07. The fourth-order valence-corrected chi connectivity index (χ4v) is 4.50. The van der Waals surface area contributed by atoms with Gasteiger partial charge in [0, 0.05) is 30.2 Å². The van der Waals surface area contributed by atoms with Crippen LogP contribution in [-0.2, 0) is 14.8 Å². The Balaban J connectivity index is 1.53. The highest BCUT2D eigenvalue weighted by Gasteiger charge is 2.26. The van der Waals surface area contributed by atoms with Crippen LogP contribution in [-0.4, -0.2) is 38.4 Å². The molecule has 1 aliphatic rings. The molecule has 1 fully saturated rings. The average Bonchev–Trinajstić information content (AvgIpc) is 2.68. The van der Waals surface area contributed by atoms with Gasteiger partial charge in [0.15, 0.2) is 0 Å². The van der Waals surface area contributed by atoms with Crippen molar-refractivity contribution in [3.05, 3.63) is 70.8 Å². The Morgan fingerprint density at radius 2 is 1.68 bits per heavy atom. The van der Waals surface area contributed by atoms with E-state index in [1.807, 2.05) is 31.2 Å². The number of sulfonamides is 1. The van der Waals surface area contributed by atoms with Gasteiger partial charge in [-0.05, 0) is 55.7 Å². The fraction of sp³-hybridized carbons (Fsp3) is 0.286. The summed E-state index contributed by atoms with van der Waals surface area (Å²) in [5, 5.41) is 0.490. The summed E-state index contributed by atoms with van der Waals surface area (Å²) in [4.78, 5) is 14.3. The van der Waals surface area contributed by atoms with Crippen molar-refractivity contribution in [2.24, 2.45) is 0 Å². The first-order valence-electron chi connectivity index (χ1n) is 9.15. The number of halogens is 1. The molecule has 0 atom stereocenters. The molecule has 3 rings (SSSR count). The smallest absolute Gasteiger partial charge is 0.246 e. The summed E-state index contributed by atoms with van der Waals surface area (Å²) in [6.07, 6.45) is 4.54. The van der Waals surface area contributed by atoms with Crippen LogP contribution in [0.5, 0.6) is 0 Å². The van der Waals surface area contributed by atoms with Crippen molar-refractivity contribution >= 4 is 33.6 Å². The third-order valence-electron chi connectivity index (χ3n) is 4.75. The number of piperidine rings is 1. The highest BCUT2D eigenvalue weighted by molar-refractivity contribution is 7.89. The first-order valence-corrected chi connectivity index (χ1v) is 11.0. The molecule has 0 radical (unpaired) electrons. The molecule has 7 heteroatoms. The third-order valence-corrected chi connectivity index (χ3v) is 6.54. The van der Waals surface area contributed by atoms with E-state index in [0.717, 1.165) is 5.56 Å².